The zero-order valence-electron chi connectivity index (χ0n) is 12.4. The first-order chi connectivity index (χ1) is 11.1. The molecule has 114 valence electrons. The van der Waals surface area contributed by atoms with Gasteiger partial charge in [-0.2, -0.15) is 4.98 Å². The Balaban J connectivity index is 1.85. The standard InChI is InChI=1S/C18H14N2O3/c1-12(21)19-14-9-6-13(7-10-14)8-11-17-20-18(22)15-4-2-3-5-16(15)23-17/h2-11H,1H3,(H,19,21). The van der Waals surface area contributed by atoms with Crippen molar-refractivity contribution in [2.45, 2.75) is 6.92 Å². The quantitative estimate of drug-likeness (QED) is 0.805. The van der Waals surface area contributed by atoms with Crippen molar-refractivity contribution in [3.05, 3.63) is 70.3 Å². The molecule has 1 N–H and O–H groups in total. The van der Waals surface area contributed by atoms with Crippen LogP contribution in [0.3, 0.4) is 0 Å². The van der Waals surface area contributed by atoms with Crippen LogP contribution >= 0.6 is 0 Å². The number of rotatable bonds is 3. The van der Waals surface area contributed by atoms with Crippen LogP contribution in [0.2, 0.25) is 0 Å². The number of amides is 1. The second kappa shape index (κ2) is 6.27. The van der Waals surface area contributed by atoms with E-state index in [9.17, 15) is 9.59 Å². The summed E-state index contributed by atoms with van der Waals surface area (Å²) < 4.78 is 5.59. The van der Waals surface area contributed by atoms with Gasteiger partial charge in [0.15, 0.2) is 0 Å². The molecule has 0 spiro atoms. The topological polar surface area (TPSA) is 72.2 Å². The number of carbonyl (C=O) groups excluding carboxylic acids is 1. The third-order valence-corrected chi connectivity index (χ3v) is 3.19. The average Bonchev–Trinajstić information content (AvgIpc) is 2.54. The lowest BCUT2D eigenvalue weighted by molar-refractivity contribution is -0.114. The molecule has 5 nitrogen and oxygen atoms in total. The van der Waals surface area contributed by atoms with Gasteiger partial charge in [0, 0.05) is 18.7 Å². The van der Waals surface area contributed by atoms with Crippen molar-refractivity contribution >= 4 is 34.7 Å². The fourth-order valence-corrected chi connectivity index (χ4v) is 2.15. The predicted molar refractivity (Wildman–Crippen MR) is 90.0 cm³/mol. The number of anilines is 1. The Kier molecular flexibility index (Phi) is 4.01. The largest absolute Gasteiger partial charge is 0.438 e. The van der Waals surface area contributed by atoms with Gasteiger partial charge in [0.25, 0.3) is 5.56 Å². The van der Waals surface area contributed by atoms with E-state index < -0.39 is 0 Å². The molecule has 0 unspecified atom stereocenters. The van der Waals surface area contributed by atoms with Crippen LogP contribution in [-0.2, 0) is 4.79 Å². The van der Waals surface area contributed by atoms with Gasteiger partial charge in [-0.1, -0.05) is 24.3 Å². The molecule has 0 aliphatic carbocycles. The molecule has 0 saturated heterocycles. The van der Waals surface area contributed by atoms with Crippen LogP contribution in [0.15, 0.2) is 57.7 Å². The maximum absolute atomic E-state index is 11.9. The second-order valence-electron chi connectivity index (χ2n) is 4.99. The van der Waals surface area contributed by atoms with E-state index in [0.29, 0.717) is 11.0 Å². The van der Waals surface area contributed by atoms with Crippen LogP contribution in [0, 0.1) is 0 Å². The van der Waals surface area contributed by atoms with Gasteiger partial charge in [-0.3, -0.25) is 9.59 Å². The molecule has 0 saturated carbocycles. The van der Waals surface area contributed by atoms with Gasteiger partial charge in [-0.15, -0.1) is 0 Å². The van der Waals surface area contributed by atoms with E-state index in [2.05, 4.69) is 10.3 Å². The molecule has 1 heterocycles. The number of nitrogens with zero attached hydrogens (tertiary/aromatic N) is 1. The average molecular weight is 306 g/mol. The summed E-state index contributed by atoms with van der Waals surface area (Å²) in [5, 5.41) is 3.16. The molecule has 2 aromatic carbocycles. The van der Waals surface area contributed by atoms with Gasteiger partial charge in [0.2, 0.25) is 11.8 Å². The van der Waals surface area contributed by atoms with E-state index in [0.717, 1.165) is 11.3 Å². The summed E-state index contributed by atoms with van der Waals surface area (Å²) >= 11 is 0. The Labute approximate surface area is 132 Å². The smallest absolute Gasteiger partial charge is 0.284 e. The Morgan fingerprint density at radius 2 is 1.83 bits per heavy atom. The maximum Gasteiger partial charge on any atom is 0.284 e. The van der Waals surface area contributed by atoms with Crippen molar-refractivity contribution < 1.29 is 9.21 Å². The molecule has 1 amide bonds. The summed E-state index contributed by atoms with van der Waals surface area (Å²) in [5.74, 6) is 0.134. The summed E-state index contributed by atoms with van der Waals surface area (Å²) in [6.07, 6.45) is 3.43. The lowest BCUT2D eigenvalue weighted by Gasteiger charge is -2.01. The van der Waals surface area contributed by atoms with E-state index in [1.165, 1.54) is 6.92 Å². The molecular weight excluding hydrogens is 292 g/mol. The number of para-hydroxylation sites is 1. The lowest BCUT2D eigenvalue weighted by Crippen LogP contribution is -2.06. The van der Waals surface area contributed by atoms with Crippen molar-refractivity contribution in [3.8, 4) is 0 Å². The summed E-state index contributed by atoms with van der Waals surface area (Å²) in [7, 11) is 0. The third kappa shape index (κ3) is 3.52. The number of carbonyl (C=O) groups is 1. The first kappa shape index (κ1) is 14.7. The minimum absolute atomic E-state index is 0.115. The minimum Gasteiger partial charge on any atom is -0.438 e. The van der Waals surface area contributed by atoms with Gasteiger partial charge >= 0.3 is 0 Å². The highest BCUT2D eigenvalue weighted by atomic mass is 16.3. The molecule has 5 heteroatoms. The Bertz CT molecular complexity index is 940. The Morgan fingerprint density at radius 3 is 2.57 bits per heavy atom. The van der Waals surface area contributed by atoms with E-state index in [1.54, 1.807) is 48.6 Å². The van der Waals surface area contributed by atoms with Crippen LogP contribution in [0.4, 0.5) is 5.69 Å². The Hall–Kier alpha value is -3.21. The van der Waals surface area contributed by atoms with Crippen LogP contribution < -0.4 is 10.9 Å². The summed E-state index contributed by atoms with van der Waals surface area (Å²) in [5.41, 5.74) is 1.82. The van der Waals surface area contributed by atoms with Gasteiger partial charge < -0.3 is 9.73 Å². The second-order valence-corrected chi connectivity index (χ2v) is 4.99. The number of fused-ring (bicyclic) bond motifs is 1. The molecule has 3 rings (SSSR count). The fourth-order valence-electron chi connectivity index (χ4n) is 2.15. The minimum atomic E-state index is -0.312. The van der Waals surface area contributed by atoms with E-state index in [4.69, 9.17) is 4.42 Å². The zero-order chi connectivity index (χ0) is 16.2. The highest BCUT2D eigenvalue weighted by Gasteiger charge is 2.03. The number of aromatic nitrogens is 1. The van der Waals surface area contributed by atoms with Crippen LogP contribution in [0.1, 0.15) is 18.4 Å². The van der Waals surface area contributed by atoms with Crippen molar-refractivity contribution in [1.82, 2.24) is 4.98 Å². The van der Waals surface area contributed by atoms with Crippen molar-refractivity contribution in [3.63, 3.8) is 0 Å². The lowest BCUT2D eigenvalue weighted by atomic mass is 10.2. The highest BCUT2D eigenvalue weighted by molar-refractivity contribution is 5.88. The molecule has 0 aliphatic rings. The first-order valence-corrected chi connectivity index (χ1v) is 7.07. The van der Waals surface area contributed by atoms with E-state index in [-0.39, 0.29) is 17.4 Å². The summed E-state index contributed by atoms with van der Waals surface area (Å²) in [6.45, 7) is 1.46. The van der Waals surface area contributed by atoms with Crippen LogP contribution in [-0.4, -0.2) is 10.9 Å². The third-order valence-electron chi connectivity index (χ3n) is 3.19. The number of hydrogen-bond donors (Lipinski definition) is 1. The van der Waals surface area contributed by atoms with Gasteiger partial charge in [0.1, 0.15) is 5.58 Å². The van der Waals surface area contributed by atoms with Crippen molar-refractivity contribution in [1.29, 1.82) is 0 Å². The molecular formula is C18H14N2O3. The van der Waals surface area contributed by atoms with Crippen LogP contribution in [0.25, 0.3) is 23.1 Å². The number of hydrogen-bond acceptors (Lipinski definition) is 4. The van der Waals surface area contributed by atoms with Gasteiger partial charge in [0.05, 0.1) is 5.39 Å². The van der Waals surface area contributed by atoms with Crippen molar-refractivity contribution in [2.24, 2.45) is 0 Å². The first-order valence-electron chi connectivity index (χ1n) is 7.07. The number of benzene rings is 2. The highest BCUT2D eigenvalue weighted by Crippen LogP contribution is 2.14. The monoisotopic (exact) mass is 306 g/mol. The van der Waals surface area contributed by atoms with E-state index >= 15 is 0 Å². The molecule has 0 radical (unpaired) electrons. The summed E-state index contributed by atoms with van der Waals surface area (Å²) in [6, 6.07) is 14.3. The van der Waals surface area contributed by atoms with Gasteiger partial charge in [-0.25, -0.2) is 0 Å². The molecule has 3 aromatic rings. The molecule has 0 atom stereocenters. The Morgan fingerprint density at radius 1 is 1.09 bits per heavy atom. The molecule has 1 aromatic heterocycles. The van der Waals surface area contributed by atoms with Gasteiger partial charge in [-0.05, 0) is 35.9 Å². The normalized spacial score (nSPS) is 11.0. The molecule has 0 aliphatic heterocycles. The molecule has 0 bridgehead atoms. The van der Waals surface area contributed by atoms with Crippen LogP contribution in [0.5, 0.6) is 0 Å². The molecule has 23 heavy (non-hydrogen) atoms. The molecule has 0 fully saturated rings. The summed E-state index contributed by atoms with van der Waals surface area (Å²) in [4.78, 5) is 26.8. The predicted octanol–water partition coefficient (Wildman–Crippen LogP) is 3.32. The fraction of sp³-hybridized carbons (Fsp3) is 0.0556. The maximum atomic E-state index is 11.9. The van der Waals surface area contributed by atoms with E-state index in [1.807, 2.05) is 12.1 Å². The van der Waals surface area contributed by atoms with Crippen molar-refractivity contribution in [2.75, 3.05) is 5.32 Å². The SMILES string of the molecule is CC(=O)Nc1ccc(C=Cc2nc(=O)c3ccccc3o2)cc1. The number of nitrogens with one attached hydrogen (secondary N) is 1. The zero-order valence-corrected chi connectivity index (χ0v) is 12.4.